The molecule has 6 nitrogen and oxygen atoms in total. The van der Waals surface area contributed by atoms with Crippen molar-refractivity contribution in [3.63, 3.8) is 0 Å². The number of nitriles is 1. The molecule has 2 fully saturated rings. The largest absolute Gasteiger partial charge is 0.496 e. The number of carbonyl (C=O) groups is 1. The predicted molar refractivity (Wildman–Crippen MR) is 120 cm³/mol. The van der Waals surface area contributed by atoms with Crippen LogP contribution in [0.1, 0.15) is 33.5 Å². The zero-order chi connectivity index (χ0) is 24.7. The Balaban J connectivity index is 1.58. The number of rotatable bonds is 4. The highest BCUT2D eigenvalue weighted by molar-refractivity contribution is 5.96. The van der Waals surface area contributed by atoms with E-state index in [4.69, 9.17) is 10.00 Å². The van der Waals surface area contributed by atoms with Crippen LogP contribution in [-0.2, 0) is 6.18 Å². The third-order valence-electron chi connectivity index (χ3n) is 7.26. The lowest BCUT2D eigenvalue weighted by atomic mass is 9.73. The highest BCUT2D eigenvalue weighted by Gasteiger charge is 2.50. The van der Waals surface area contributed by atoms with Gasteiger partial charge in [-0.2, -0.15) is 18.4 Å². The van der Waals surface area contributed by atoms with Crippen molar-refractivity contribution in [3.05, 3.63) is 58.7 Å². The van der Waals surface area contributed by atoms with Crippen molar-refractivity contribution in [1.29, 1.82) is 5.26 Å². The van der Waals surface area contributed by atoms with Crippen LogP contribution in [0.4, 0.5) is 18.9 Å². The molecule has 2 atom stereocenters. The second-order valence-electron chi connectivity index (χ2n) is 9.07. The van der Waals surface area contributed by atoms with Gasteiger partial charge in [-0.1, -0.05) is 6.07 Å². The first kappa shape index (κ1) is 23.9. The number of anilines is 1. The van der Waals surface area contributed by atoms with Crippen molar-refractivity contribution < 1.29 is 27.8 Å². The molecular weight excluding hydrogens is 447 g/mol. The Morgan fingerprint density at radius 2 is 2.06 bits per heavy atom. The Morgan fingerprint density at radius 1 is 1.29 bits per heavy atom. The average molecular weight is 473 g/mol. The number of halogens is 3. The second-order valence-corrected chi connectivity index (χ2v) is 9.07. The minimum atomic E-state index is -4.63. The second kappa shape index (κ2) is 8.84. The van der Waals surface area contributed by atoms with E-state index in [-0.39, 0.29) is 18.4 Å². The number of likely N-dealkylation sites (tertiary alicyclic amines) is 1. The molecule has 0 spiro atoms. The summed E-state index contributed by atoms with van der Waals surface area (Å²) >= 11 is 0. The number of carbonyl (C=O) groups excluding carboxylic acids is 1. The van der Waals surface area contributed by atoms with Crippen LogP contribution in [0.5, 0.6) is 5.75 Å². The molecule has 0 aromatic heterocycles. The molecule has 4 rings (SSSR count). The van der Waals surface area contributed by atoms with Crippen LogP contribution >= 0.6 is 0 Å². The number of aliphatic hydroxyl groups excluding tert-OH is 1. The van der Waals surface area contributed by atoms with E-state index in [0.717, 1.165) is 11.6 Å². The van der Waals surface area contributed by atoms with E-state index in [0.29, 0.717) is 49.6 Å². The van der Waals surface area contributed by atoms with Crippen LogP contribution in [0.3, 0.4) is 0 Å². The van der Waals surface area contributed by atoms with Crippen LogP contribution in [0.2, 0.25) is 0 Å². The maximum absolute atomic E-state index is 13.4. The molecule has 180 valence electrons. The lowest BCUT2D eigenvalue weighted by molar-refractivity contribution is -0.137. The van der Waals surface area contributed by atoms with Crippen molar-refractivity contribution >= 4 is 11.6 Å². The third-order valence-corrected chi connectivity index (χ3v) is 7.26. The van der Waals surface area contributed by atoms with Crippen molar-refractivity contribution in [2.45, 2.75) is 19.5 Å². The Hall–Kier alpha value is -3.25. The molecule has 2 saturated heterocycles. The Bertz CT molecular complexity index is 1140. The van der Waals surface area contributed by atoms with Crippen molar-refractivity contribution in [2.24, 2.45) is 11.3 Å². The molecule has 0 bridgehead atoms. The molecule has 2 aromatic carbocycles. The number of benzene rings is 2. The van der Waals surface area contributed by atoms with Crippen molar-refractivity contribution in [1.82, 2.24) is 4.90 Å². The van der Waals surface area contributed by atoms with Gasteiger partial charge in [-0.05, 0) is 43.7 Å². The van der Waals surface area contributed by atoms with Gasteiger partial charge in [0.2, 0.25) is 0 Å². The first-order chi connectivity index (χ1) is 16.1. The van der Waals surface area contributed by atoms with E-state index in [1.807, 2.05) is 11.8 Å². The molecular formula is C25H26F3N3O3. The molecule has 2 aromatic rings. The summed E-state index contributed by atoms with van der Waals surface area (Å²) in [5.41, 5.74) is -0.219. The molecule has 0 radical (unpaired) electrons. The molecule has 2 unspecified atom stereocenters. The van der Waals surface area contributed by atoms with Crippen LogP contribution in [0.25, 0.3) is 0 Å². The van der Waals surface area contributed by atoms with Gasteiger partial charge < -0.3 is 19.6 Å². The maximum atomic E-state index is 13.4. The number of hydrogen-bond donors (Lipinski definition) is 1. The quantitative estimate of drug-likeness (QED) is 0.730. The van der Waals surface area contributed by atoms with Gasteiger partial charge in [0.1, 0.15) is 5.75 Å². The number of alkyl halides is 3. The summed E-state index contributed by atoms with van der Waals surface area (Å²) in [5.74, 6) is 0.362. The predicted octanol–water partition coefficient (Wildman–Crippen LogP) is 3.86. The van der Waals surface area contributed by atoms with Crippen LogP contribution in [0.15, 0.2) is 36.4 Å². The van der Waals surface area contributed by atoms with Gasteiger partial charge in [0.25, 0.3) is 5.91 Å². The SMILES string of the molecule is COc1cccc(C(=O)N2CC3CN(c4ccc(C#N)c(C(F)(F)F)c4)CCC3(CO)C2)c1C. The number of aliphatic hydroxyl groups is 1. The standard InChI is InChI=1S/C25H26F3N3O3/c1-16-20(4-3-5-22(16)34-2)23(33)31-13-18-12-30(9-8-24(18,14-31)15-32)19-7-6-17(11-29)21(10-19)25(26,27)28/h3-7,10,18,32H,8-9,12-15H2,1-2H3. The van der Waals surface area contributed by atoms with Crippen molar-refractivity contribution in [3.8, 4) is 11.8 Å². The van der Waals surface area contributed by atoms with E-state index in [1.165, 1.54) is 12.1 Å². The van der Waals surface area contributed by atoms with Gasteiger partial charge in [-0.3, -0.25) is 4.79 Å². The lowest BCUT2D eigenvalue weighted by Crippen LogP contribution is -2.49. The number of amides is 1. The van der Waals surface area contributed by atoms with Gasteiger partial charge in [0, 0.05) is 54.3 Å². The fraction of sp³-hybridized carbons (Fsp3) is 0.440. The van der Waals surface area contributed by atoms with E-state index >= 15 is 0 Å². The Labute approximate surface area is 196 Å². The summed E-state index contributed by atoms with van der Waals surface area (Å²) in [6, 6.07) is 10.6. The van der Waals surface area contributed by atoms with Gasteiger partial charge in [-0.15, -0.1) is 0 Å². The smallest absolute Gasteiger partial charge is 0.417 e. The fourth-order valence-electron chi connectivity index (χ4n) is 5.23. The Kier molecular flexibility index (Phi) is 6.21. The summed E-state index contributed by atoms with van der Waals surface area (Å²) in [5, 5.41) is 19.3. The van der Waals surface area contributed by atoms with Crippen molar-refractivity contribution in [2.75, 3.05) is 44.8 Å². The minimum Gasteiger partial charge on any atom is -0.496 e. The van der Waals surface area contributed by atoms with E-state index in [1.54, 1.807) is 36.3 Å². The monoisotopic (exact) mass is 473 g/mol. The molecule has 0 saturated carbocycles. The van der Waals surface area contributed by atoms with E-state index in [9.17, 15) is 23.1 Å². The zero-order valence-corrected chi connectivity index (χ0v) is 19.0. The molecule has 2 heterocycles. The number of hydrogen-bond acceptors (Lipinski definition) is 5. The van der Waals surface area contributed by atoms with Crippen LogP contribution in [0, 0.1) is 29.6 Å². The molecule has 1 amide bonds. The van der Waals surface area contributed by atoms with Gasteiger partial charge in [-0.25, -0.2) is 0 Å². The summed E-state index contributed by atoms with van der Waals surface area (Å²) in [6.07, 6.45) is -4.09. The zero-order valence-electron chi connectivity index (χ0n) is 19.0. The maximum Gasteiger partial charge on any atom is 0.417 e. The minimum absolute atomic E-state index is 0.104. The number of ether oxygens (including phenoxy) is 1. The summed E-state index contributed by atoms with van der Waals surface area (Å²) in [4.78, 5) is 16.9. The van der Waals surface area contributed by atoms with Crippen LogP contribution in [-0.4, -0.2) is 55.8 Å². The normalized spacial score (nSPS) is 22.3. The van der Waals surface area contributed by atoms with Gasteiger partial charge in [0.15, 0.2) is 0 Å². The van der Waals surface area contributed by atoms with Crippen LogP contribution < -0.4 is 9.64 Å². The summed E-state index contributed by atoms with van der Waals surface area (Å²) < 4.78 is 45.7. The van der Waals surface area contributed by atoms with E-state index < -0.39 is 22.7 Å². The molecule has 1 N–H and O–H groups in total. The number of piperidine rings is 1. The third kappa shape index (κ3) is 4.07. The first-order valence-corrected chi connectivity index (χ1v) is 11.0. The first-order valence-electron chi connectivity index (χ1n) is 11.0. The number of fused-ring (bicyclic) bond motifs is 1. The average Bonchev–Trinajstić information content (AvgIpc) is 3.22. The lowest BCUT2D eigenvalue weighted by Gasteiger charge is -2.43. The highest BCUT2D eigenvalue weighted by atomic mass is 19.4. The topological polar surface area (TPSA) is 76.8 Å². The summed E-state index contributed by atoms with van der Waals surface area (Å²) in [6.45, 7) is 3.36. The number of methoxy groups -OCH3 is 1. The molecule has 2 aliphatic rings. The molecule has 2 aliphatic heterocycles. The fourth-order valence-corrected chi connectivity index (χ4v) is 5.23. The highest BCUT2D eigenvalue weighted by Crippen LogP contribution is 2.45. The molecule has 34 heavy (non-hydrogen) atoms. The molecule has 9 heteroatoms. The van der Waals surface area contributed by atoms with Gasteiger partial charge in [0.05, 0.1) is 30.9 Å². The Morgan fingerprint density at radius 3 is 2.71 bits per heavy atom. The van der Waals surface area contributed by atoms with E-state index in [2.05, 4.69) is 0 Å². The summed E-state index contributed by atoms with van der Waals surface area (Å²) in [7, 11) is 1.55. The van der Waals surface area contributed by atoms with Gasteiger partial charge >= 0.3 is 6.18 Å². The number of nitrogens with zero attached hydrogens (tertiary/aromatic N) is 3. The molecule has 0 aliphatic carbocycles.